The number of hydrogen-bond acceptors (Lipinski definition) is 4. The van der Waals surface area contributed by atoms with Crippen LogP contribution in [0.2, 0.25) is 0 Å². The van der Waals surface area contributed by atoms with Gasteiger partial charge in [0.2, 0.25) is 5.91 Å². The third-order valence-electron chi connectivity index (χ3n) is 5.29. The van der Waals surface area contributed by atoms with Gasteiger partial charge in [-0.05, 0) is 49.6 Å². The molecule has 1 N–H and O–H groups in total. The molecule has 150 valence electrons. The van der Waals surface area contributed by atoms with Crippen molar-refractivity contribution < 1.29 is 9.53 Å². The third-order valence-corrected chi connectivity index (χ3v) is 5.29. The van der Waals surface area contributed by atoms with E-state index in [1.54, 1.807) is 7.11 Å². The van der Waals surface area contributed by atoms with Crippen LogP contribution in [-0.4, -0.2) is 56.7 Å². The number of anilines is 1. The fraction of sp³-hybridized carbons (Fsp3) is 0.435. The van der Waals surface area contributed by atoms with Gasteiger partial charge in [-0.15, -0.1) is 0 Å². The highest BCUT2D eigenvalue weighted by atomic mass is 16.5. The lowest BCUT2D eigenvalue weighted by Crippen LogP contribution is -2.50. The first-order valence-corrected chi connectivity index (χ1v) is 10.1. The molecule has 0 spiro atoms. The minimum atomic E-state index is 0.124. The van der Waals surface area contributed by atoms with Crippen molar-refractivity contribution in [2.75, 3.05) is 44.7 Å². The SMILES string of the molecule is COc1ccc(N2CCN(CC(=O)N[C@H](C)CCc3ccccc3)CC2)cc1. The molecular weight excluding hydrogens is 350 g/mol. The summed E-state index contributed by atoms with van der Waals surface area (Å²) in [5.74, 6) is 0.999. The number of piperazine rings is 1. The third kappa shape index (κ3) is 5.99. The lowest BCUT2D eigenvalue weighted by Gasteiger charge is -2.36. The molecular formula is C23H31N3O2. The molecule has 0 radical (unpaired) electrons. The molecule has 1 fully saturated rings. The molecule has 2 aromatic rings. The average Bonchev–Trinajstić information content (AvgIpc) is 2.73. The highest BCUT2D eigenvalue weighted by molar-refractivity contribution is 5.78. The molecule has 28 heavy (non-hydrogen) atoms. The molecule has 1 saturated heterocycles. The van der Waals surface area contributed by atoms with Crippen molar-refractivity contribution in [1.82, 2.24) is 10.2 Å². The summed E-state index contributed by atoms with van der Waals surface area (Å²) in [6.07, 6.45) is 1.95. The summed E-state index contributed by atoms with van der Waals surface area (Å²) in [7, 11) is 1.68. The number of methoxy groups -OCH3 is 1. The average molecular weight is 382 g/mol. The Balaban J connectivity index is 1.37. The van der Waals surface area contributed by atoms with Crippen molar-refractivity contribution in [3.05, 3.63) is 60.2 Å². The van der Waals surface area contributed by atoms with Crippen LogP contribution in [0.5, 0.6) is 5.75 Å². The minimum Gasteiger partial charge on any atom is -0.497 e. The van der Waals surface area contributed by atoms with Gasteiger partial charge in [0.1, 0.15) is 5.75 Å². The van der Waals surface area contributed by atoms with Gasteiger partial charge in [-0.2, -0.15) is 0 Å². The van der Waals surface area contributed by atoms with Crippen LogP contribution in [-0.2, 0) is 11.2 Å². The number of amides is 1. The molecule has 1 heterocycles. The number of nitrogens with zero attached hydrogens (tertiary/aromatic N) is 2. The molecule has 1 atom stereocenters. The minimum absolute atomic E-state index is 0.124. The highest BCUT2D eigenvalue weighted by Gasteiger charge is 2.20. The van der Waals surface area contributed by atoms with E-state index in [0.717, 1.165) is 44.8 Å². The van der Waals surface area contributed by atoms with E-state index in [-0.39, 0.29) is 11.9 Å². The second kappa shape index (κ2) is 10.1. The molecule has 5 heteroatoms. The van der Waals surface area contributed by atoms with E-state index in [9.17, 15) is 4.79 Å². The van der Waals surface area contributed by atoms with E-state index in [1.165, 1.54) is 11.3 Å². The second-order valence-electron chi connectivity index (χ2n) is 7.45. The van der Waals surface area contributed by atoms with Crippen molar-refractivity contribution in [3.63, 3.8) is 0 Å². The Hall–Kier alpha value is -2.53. The number of nitrogens with one attached hydrogen (secondary N) is 1. The zero-order chi connectivity index (χ0) is 19.8. The first kappa shape index (κ1) is 20.2. The Morgan fingerprint density at radius 3 is 2.36 bits per heavy atom. The fourth-order valence-corrected chi connectivity index (χ4v) is 3.58. The smallest absolute Gasteiger partial charge is 0.234 e. The summed E-state index contributed by atoms with van der Waals surface area (Å²) in [4.78, 5) is 17.0. The molecule has 1 amide bonds. The maximum Gasteiger partial charge on any atom is 0.234 e. The van der Waals surface area contributed by atoms with E-state index in [2.05, 4.69) is 58.4 Å². The Morgan fingerprint density at radius 1 is 1.04 bits per heavy atom. The topological polar surface area (TPSA) is 44.8 Å². The maximum atomic E-state index is 12.4. The maximum absolute atomic E-state index is 12.4. The van der Waals surface area contributed by atoms with Crippen molar-refractivity contribution in [3.8, 4) is 5.75 Å². The van der Waals surface area contributed by atoms with Crippen LogP contribution in [0, 0.1) is 0 Å². The van der Waals surface area contributed by atoms with Gasteiger partial charge >= 0.3 is 0 Å². The quantitative estimate of drug-likeness (QED) is 0.764. The molecule has 0 aliphatic carbocycles. The van der Waals surface area contributed by atoms with E-state index in [4.69, 9.17) is 4.74 Å². The number of carbonyl (C=O) groups is 1. The molecule has 1 aliphatic rings. The summed E-state index contributed by atoms with van der Waals surface area (Å²) < 4.78 is 5.22. The first-order valence-electron chi connectivity index (χ1n) is 10.1. The highest BCUT2D eigenvalue weighted by Crippen LogP contribution is 2.20. The Morgan fingerprint density at radius 2 is 1.71 bits per heavy atom. The first-order chi connectivity index (χ1) is 13.6. The van der Waals surface area contributed by atoms with Crippen molar-refractivity contribution in [2.24, 2.45) is 0 Å². The van der Waals surface area contributed by atoms with Gasteiger partial charge in [-0.1, -0.05) is 30.3 Å². The lowest BCUT2D eigenvalue weighted by molar-refractivity contribution is -0.122. The number of carbonyl (C=O) groups excluding carboxylic acids is 1. The lowest BCUT2D eigenvalue weighted by atomic mass is 10.1. The summed E-state index contributed by atoms with van der Waals surface area (Å²) in [6.45, 7) is 6.23. The van der Waals surface area contributed by atoms with Gasteiger partial charge in [0.25, 0.3) is 0 Å². The Labute approximate surface area is 168 Å². The van der Waals surface area contributed by atoms with Crippen LogP contribution < -0.4 is 15.0 Å². The molecule has 0 bridgehead atoms. The monoisotopic (exact) mass is 381 g/mol. The van der Waals surface area contributed by atoms with E-state index in [0.29, 0.717) is 6.54 Å². The van der Waals surface area contributed by atoms with Crippen molar-refractivity contribution in [1.29, 1.82) is 0 Å². The zero-order valence-corrected chi connectivity index (χ0v) is 16.9. The van der Waals surface area contributed by atoms with Crippen molar-refractivity contribution in [2.45, 2.75) is 25.8 Å². The zero-order valence-electron chi connectivity index (χ0n) is 16.9. The van der Waals surface area contributed by atoms with Crippen molar-refractivity contribution >= 4 is 11.6 Å². The largest absolute Gasteiger partial charge is 0.497 e. The standard InChI is InChI=1S/C23H31N3O2/c1-19(8-9-20-6-4-3-5-7-20)24-23(27)18-25-14-16-26(17-15-25)21-10-12-22(28-2)13-11-21/h3-7,10-13,19H,8-9,14-18H2,1-2H3,(H,24,27)/t19-/m1/s1. The number of ether oxygens (including phenoxy) is 1. The van der Waals surface area contributed by atoms with Gasteiger partial charge in [0.05, 0.1) is 13.7 Å². The summed E-state index contributed by atoms with van der Waals surface area (Å²) in [5.41, 5.74) is 2.53. The molecule has 0 unspecified atom stereocenters. The summed E-state index contributed by atoms with van der Waals surface area (Å²) >= 11 is 0. The van der Waals surface area contributed by atoms with E-state index < -0.39 is 0 Å². The molecule has 1 aliphatic heterocycles. The number of rotatable bonds is 8. The summed E-state index contributed by atoms with van der Waals surface area (Å²) in [5, 5.41) is 3.14. The predicted octanol–water partition coefficient (Wildman–Crippen LogP) is 2.95. The number of benzene rings is 2. The van der Waals surface area contributed by atoms with Gasteiger partial charge in [-0.25, -0.2) is 0 Å². The molecule has 5 nitrogen and oxygen atoms in total. The molecule has 2 aromatic carbocycles. The number of hydrogen-bond donors (Lipinski definition) is 1. The van der Waals surface area contributed by atoms with Crippen LogP contribution in [0.1, 0.15) is 18.9 Å². The molecule has 3 rings (SSSR count). The van der Waals surface area contributed by atoms with Crippen LogP contribution >= 0.6 is 0 Å². The van der Waals surface area contributed by atoms with E-state index in [1.807, 2.05) is 18.2 Å². The van der Waals surface area contributed by atoms with Gasteiger partial charge in [-0.3, -0.25) is 9.69 Å². The van der Waals surface area contributed by atoms with Crippen LogP contribution in [0.25, 0.3) is 0 Å². The van der Waals surface area contributed by atoms with Crippen LogP contribution in [0.3, 0.4) is 0 Å². The predicted molar refractivity (Wildman–Crippen MR) is 114 cm³/mol. The van der Waals surface area contributed by atoms with Crippen LogP contribution in [0.15, 0.2) is 54.6 Å². The van der Waals surface area contributed by atoms with Crippen LogP contribution in [0.4, 0.5) is 5.69 Å². The van der Waals surface area contributed by atoms with Gasteiger partial charge in [0.15, 0.2) is 0 Å². The second-order valence-corrected chi connectivity index (χ2v) is 7.45. The summed E-state index contributed by atoms with van der Waals surface area (Å²) in [6, 6.07) is 18.8. The Kier molecular flexibility index (Phi) is 7.31. The fourth-order valence-electron chi connectivity index (χ4n) is 3.58. The van der Waals surface area contributed by atoms with Gasteiger partial charge < -0.3 is 15.0 Å². The molecule has 0 saturated carbocycles. The van der Waals surface area contributed by atoms with E-state index >= 15 is 0 Å². The molecule has 0 aromatic heterocycles. The van der Waals surface area contributed by atoms with Gasteiger partial charge in [0, 0.05) is 37.9 Å². The Bertz CT molecular complexity index is 725. The number of aryl methyl sites for hydroxylation is 1. The normalized spacial score (nSPS) is 15.9.